The van der Waals surface area contributed by atoms with Crippen molar-refractivity contribution in [2.75, 3.05) is 10.6 Å². The van der Waals surface area contributed by atoms with E-state index in [0.29, 0.717) is 17.1 Å². The van der Waals surface area contributed by atoms with E-state index < -0.39 is 6.10 Å². The molecular formula is C23H22N4O3. The van der Waals surface area contributed by atoms with Crippen LogP contribution in [0.4, 0.5) is 11.4 Å². The number of nitrogens with zero attached hydrogens (tertiary/aromatic N) is 2. The third-order valence-corrected chi connectivity index (χ3v) is 4.93. The van der Waals surface area contributed by atoms with Crippen LogP contribution in [-0.4, -0.2) is 27.7 Å². The molecule has 1 atom stereocenters. The van der Waals surface area contributed by atoms with E-state index in [0.717, 1.165) is 22.6 Å². The SMILES string of the molecule is Cc1nn(-c2ccccc2)c(C)c1/C=C/C(=O)Nc1ccc2c(c1)NC(=O)C(C)O2. The van der Waals surface area contributed by atoms with Gasteiger partial charge in [0, 0.05) is 23.0 Å². The quantitative estimate of drug-likeness (QED) is 0.649. The lowest BCUT2D eigenvalue weighted by Gasteiger charge is -2.23. The van der Waals surface area contributed by atoms with Crippen molar-refractivity contribution in [3.05, 3.63) is 71.6 Å². The van der Waals surface area contributed by atoms with E-state index in [-0.39, 0.29) is 11.8 Å². The first-order valence-electron chi connectivity index (χ1n) is 9.64. The Bertz CT molecular complexity index is 1150. The summed E-state index contributed by atoms with van der Waals surface area (Å²) in [5.74, 6) is 0.0834. The number of carbonyl (C=O) groups is 2. The molecule has 0 fully saturated rings. The fraction of sp³-hybridized carbons (Fsp3) is 0.174. The number of benzene rings is 2. The Labute approximate surface area is 174 Å². The fourth-order valence-electron chi connectivity index (χ4n) is 3.35. The van der Waals surface area contributed by atoms with Gasteiger partial charge in [0.15, 0.2) is 6.10 Å². The van der Waals surface area contributed by atoms with Crippen LogP contribution in [-0.2, 0) is 9.59 Å². The minimum atomic E-state index is -0.538. The van der Waals surface area contributed by atoms with Crippen LogP contribution in [0.25, 0.3) is 11.8 Å². The summed E-state index contributed by atoms with van der Waals surface area (Å²) in [7, 11) is 0. The molecule has 4 rings (SSSR count). The van der Waals surface area contributed by atoms with Gasteiger partial charge in [0.05, 0.1) is 17.1 Å². The molecule has 152 valence electrons. The topological polar surface area (TPSA) is 85.3 Å². The minimum Gasteiger partial charge on any atom is -0.479 e. The summed E-state index contributed by atoms with van der Waals surface area (Å²) in [6, 6.07) is 15.0. The van der Waals surface area contributed by atoms with Crippen LogP contribution in [0.15, 0.2) is 54.6 Å². The summed E-state index contributed by atoms with van der Waals surface area (Å²) in [4.78, 5) is 24.2. The van der Waals surface area contributed by atoms with Crippen molar-refractivity contribution in [3.8, 4) is 11.4 Å². The van der Waals surface area contributed by atoms with Gasteiger partial charge in [-0.25, -0.2) is 4.68 Å². The van der Waals surface area contributed by atoms with Gasteiger partial charge in [-0.1, -0.05) is 18.2 Å². The molecule has 0 spiro atoms. The molecule has 7 heteroatoms. The summed E-state index contributed by atoms with van der Waals surface area (Å²) >= 11 is 0. The van der Waals surface area contributed by atoms with Crippen molar-refractivity contribution in [3.63, 3.8) is 0 Å². The van der Waals surface area contributed by atoms with Crippen molar-refractivity contribution in [2.45, 2.75) is 26.9 Å². The van der Waals surface area contributed by atoms with Crippen LogP contribution in [0.5, 0.6) is 5.75 Å². The lowest BCUT2D eigenvalue weighted by molar-refractivity contribution is -0.122. The zero-order valence-corrected chi connectivity index (χ0v) is 17.0. The fourth-order valence-corrected chi connectivity index (χ4v) is 3.35. The molecule has 1 aromatic heterocycles. The lowest BCUT2D eigenvalue weighted by atomic mass is 10.1. The number of para-hydroxylation sites is 1. The number of aromatic nitrogens is 2. The highest BCUT2D eigenvalue weighted by Crippen LogP contribution is 2.32. The number of nitrogens with one attached hydrogen (secondary N) is 2. The highest BCUT2D eigenvalue weighted by molar-refractivity contribution is 6.03. The van der Waals surface area contributed by atoms with Crippen molar-refractivity contribution in [1.82, 2.24) is 9.78 Å². The van der Waals surface area contributed by atoms with E-state index in [1.807, 2.05) is 48.9 Å². The average Bonchev–Trinajstić information content (AvgIpc) is 3.02. The summed E-state index contributed by atoms with van der Waals surface area (Å²) in [6.45, 7) is 5.57. The normalized spacial score (nSPS) is 15.4. The molecule has 2 heterocycles. The Kier molecular flexibility index (Phi) is 5.10. The van der Waals surface area contributed by atoms with Crippen LogP contribution in [0.1, 0.15) is 23.9 Å². The van der Waals surface area contributed by atoms with Gasteiger partial charge in [0.25, 0.3) is 5.91 Å². The van der Waals surface area contributed by atoms with Crippen molar-refractivity contribution < 1.29 is 14.3 Å². The highest BCUT2D eigenvalue weighted by Gasteiger charge is 2.23. The van der Waals surface area contributed by atoms with Gasteiger partial charge in [0.1, 0.15) is 5.75 Å². The van der Waals surface area contributed by atoms with E-state index in [1.54, 1.807) is 31.2 Å². The molecule has 0 saturated carbocycles. The smallest absolute Gasteiger partial charge is 0.265 e. The van der Waals surface area contributed by atoms with Crippen LogP contribution in [0.3, 0.4) is 0 Å². The number of hydrogen-bond donors (Lipinski definition) is 2. The molecule has 0 saturated heterocycles. The zero-order chi connectivity index (χ0) is 21.3. The van der Waals surface area contributed by atoms with Crippen LogP contribution < -0.4 is 15.4 Å². The van der Waals surface area contributed by atoms with Gasteiger partial charge in [0.2, 0.25) is 5.91 Å². The monoisotopic (exact) mass is 402 g/mol. The van der Waals surface area contributed by atoms with E-state index >= 15 is 0 Å². The predicted octanol–water partition coefficient (Wildman–Crippen LogP) is 3.86. The van der Waals surface area contributed by atoms with Crippen LogP contribution >= 0.6 is 0 Å². The summed E-state index contributed by atoms with van der Waals surface area (Å²) in [5, 5.41) is 10.2. The maximum atomic E-state index is 12.4. The average molecular weight is 402 g/mol. The van der Waals surface area contributed by atoms with E-state index in [2.05, 4.69) is 15.7 Å². The molecule has 1 unspecified atom stereocenters. The Balaban J connectivity index is 1.49. The molecule has 3 aromatic rings. The van der Waals surface area contributed by atoms with Crippen molar-refractivity contribution in [1.29, 1.82) is 0 Å². The molecule has 0 radical (unpaired) electrons. The summed E-state index contributed by atoms with van der Waals surface area (Å²) in [5.41, 5.74) is 4.75. The van der Waals surface area contributed by atoms with Gasteiger partial charge < -0.3 is 15.4 Å². The zero-order valence-electron chi connectivity index (χ0n) is 17.0. The third-order valence-electron chi connectivity index (χ3n) is 4.93. The van der Waals surface area contributed by atoms with E-state index in [9.17, 15) is 9.59 Å². The lowest BCUT2D eigenvalue weighted by Crippen LogP contribution is -2.34. The van der Waals surface area contributed by atoms with Gasteiger partial charge in [-0.2, -0.15) is 5.10 Å². The second-order valence-electron chi connectivity index (χ2n) is 7.11. The number of carbonyl (C=O) groups excluding carboxylic acids is 2. The van der Waals surface area contributed by atoms with Gasteiger partial charge in [-0.15, -0.1) is 0 Å². The van der Waals surface area contributed by atoms with E-state index in [4.69, 9.17) is 4.74 Å². The molecule has 2 aromatic carbocycles. The standard InChI is InChI=1S/C23H22N4O3/c1-14-19(15(2)27(26-14)18-7-5-4-6-8-18)10-12-22(28)24-17-9-11-21-20(13-17)25-23(29)16(3)30-21/h4-13,16H,1-3H3,(H,24,28)(H,25,29)/b12-10+. The van der Waals surface area contributed by atoms with Crippen molar-refractivity contribution in [2.24, 2.45) is 0 Å². The number of fused-ring (bicyclic) bond motifs is 1. The van der Waals surface area contributed by atoms with Crippen molar-refractivity contribution >= 4 is 29.3 Å². The van der Waals surface area contributed by atoms with Gasteiger partial charge >= 0.3 is 0 Å². The number of amides is 2. The largest absolute Gasteiger partial charge is 0.479 e. The molecule has 2 N–H and O–H groups in total. The number of hydrogen-bond acceptors (Lipinski definition) is 4. The highest BCUT2D eigenvalue weighted by atomic mass is 16.5. The molecule has 2 amide bonds. The molecule has 1 aliphatic heterocycles. The first kappa shape index (κ1) is 19.4. The Morgan fingerprint density at radius 1 is 1.20 bits per heavy atom. The summed E-state index contributed by atoms with van der Waals surface area (Å²) < 4.78 is 7.39. The third kappa shape index (κ3) is 3.82. The maximum absolute atomic E-state index is 12.4. The van der Waals surface area contributed by atoms with Gasteiger partial charge in [-0.3, -0.25) is 9.59 Å². The molecule has 7 nitrogen and oxygen atoms in total. The van der Waals surface area contributed by atoms with Crippen LogP contribution in [0.2, 0.25) is 0 Å². The molecular weight excluding hydrogens is 380 g/mol. The number of ether oxygens (including phenoxy) is 1. The number of aryl methyl sites for hydroxylation is 1. The maximum Gasteiger partial charge on any atom is 0.265 e. The Morgan fingerprint density at radius 2 is 1.97 bits per heavy atom. The molecule has 0 aliphatic carbocycles. The Hall–Kier alpha value is -3.87. The second-order valence-corrected chi connectivity index (χ2v) is 7.11. The molecule has 0 bridgehead atoms. The first-order chi connectivity index (χ1) is 14.4. The van der Waals surface area contributed by atoms with Gasteiger partial charge in [-0.05, 0) is 57.2 Å². The first-order valence-corrected chi connectivity index (χ1v) is 9.64. The van der Waals surface area contributed by atoms with E-state index in [1.165, 1.54) is 6.08 Å². The number of anilines is 2. The Morgan fingerprint density at radius 3 is 2.73 bits per heavy atom. The molecule has 30 heavy (non-hydrogen) atoms. The number of rotatable bonds is 4. The predicted molar refractivity (Wildman–Crippen MR) is 116 cm³/mol. The summed E-state index contributed by atoms with van der Waals surface area (Å²) in [6.07, 6.45) is 2.70. The van der Waals surface area contributed by atoms with Crippen LogP contribution in [0, 0.1) is 13.8 Å². The molecule has 1 aliphatic rings. The second kappa shape index (κ2) is 7.87. The minimum absolute atomic E-state index is 0.216.